The molecule has 86 valence electrons. The van der Waals surface area contributed by atoms with Crippen LogP contribution in [0.4, 0.5) is 0 Å². The normalized spacial score (nSPS) is 13.3. The second-order valence-corrected chi connectivity index (χ2v) is 3.73. The van der Waals surface area contributed by atoms with Crippen LogP contribution in [-0.2, 0) is 4.79 Å². The lowest BCUT2D eigenvalue weighted by molar-refractivity contribution is -0.112. The number of nitrogens with one attached hydrogen (secondary N) is 1. The second-order valence-electron chi connectivity index (χ2n) is 3.73. The van der Waals surface area contributed by atoms with Crippen molar-refractivity contribution in [3.63, 3.8) is 0 Å². The minimum atomic E-state index is -0.170. The SMILES string of the molecule is CC(=O)/C=C(\C)N[C@@H](CO)c1ccccc1. The molecule has 3 nitrogen and oxygen atoms in total. The number of aliphatic hydroxyl groups is 1. The van der Waals surface area contributed by atoms with E-state index in [2.05, 4.69) is 5.32 Å². The van der Waals surface area contributed by atoms with Gasteiger partial charge in [-0.05, 0) is 25.5 Å². The van der Waals surface area contributed by atoms with E-state index in [0.29, 0.717) is 0 Å². The van der Waals surface area contributed by atoms with Crippen LogP contribution in [0.5, 0.6) is 0 Å². The van der Waals surface area contributed by atoms with E-state index >= 15 is 0 Å². The highest BCUT2D eigenvalue weighted by molar-refractivity contribution is 5.87. The van der Waals surface area contributed by atoms with Gasteiger partial charge in [0.15, 0.2) is 5.78 Å². The van der Waals surface area contributed by atoms with Crippen molar-refractivity contribution in [1.29, 1.82) is 0 Å². The lowest BCUT2D eigenvalue weighted by atomic mass is 10.1. The highest BCUT2D eigenvalue weighted by Crippen LogP contribution is 2.13. The van der Waals surface area contributed by atoms with Crippen molar-refractivity contribution in [3.05, 3.63) is 47.7 Å². The van der Waals surface area contributed by atoms with Gasteiger partial charge >= 0.3 is 0 Å². The molecule has 0 radical (unpaired) electrons. The standard InChI is InChI=1S/C13H17NO2/c1-10(8-11(2)16)14-13(9-15)12-6-4-3-5-7-12/h3-8,13-15H,9H2,1-2H3/b10-8+/t13-/m0/s1. The first-order chi connectivity index (χ1) is 7.63. The third-order valence-electron chi connectivity index (χ3n) is 2.21. The molecule has 1 aromatic carbocycles. The van der Waals surface area contributed by atoms with Gasteiger partial charge in [-0.15, -0.1) is 0 Å². The average molecular weight is 219 g/mol. The third kappa shape index (κ3) is 3.87. The number of rotatable bonds is 5. The molecule has 1 atom stereocenters. The Hall–Kier alpha value is -1.61. The Bertz CT molecular complexity index is 371. The van der Waals surface area contributed by atoms with Crippen molar-refractivity contribution in [2.75, 3.05) is 6.61 Å². The summed E-state index contributed by atoms with van der Waals surface area (Å²) in [6, 6.07) is 9.48. The number of hydrogen-bond acceptors (Lipinski definition) is 3. The van der Waals surface area contributed by atoms with Crippen LogP contribution in [0, 0.1) is 0 Å². The molecular weight excluding hydrogens is 202 g/mol. The summed E-state index contributed by atoms with van der Waals surface area (Å²) in [6.45, 7) is 3.31. The van der Waals surface area contributed by atoms with Crippen LogP contribution in [0.1, 0.15) is 25.5 Å². The van der Waals surface area contributed by atoms with E-state index in [-0.39, 0.29) is 18.4 Å². The van der Waals surface area contributed by atoms with Crippen molar-refractivity contribution in [2.24, 2.45) is 0 Å². The number of ketones is 1. The molecule has 0 saturated carbocycles. The fourth-order valence-corrected chi connectivity index (χ4v) is 1.54. The first-order valence-corrected chi connectivity index (χ1v) is 5.24. The van der Waals surface area contributed by atoms with E-state index in [1.54, 1.807) is 0 Å². The molecule has 0 aliphatic rings. The summed E-state index contributed by atoms with van der Waals surface area (Å²) in [6.07, 6.45) is 1.52. The van der Waals surface area contributed by atoms with E-state index < -0.39 is 0 Å². The summed E-state index contributed by atoms with van der Waals surface area (Å²) in [5.74, 6) is -0.00486. The van der Waals surface area contributed by atoms with Crippen molar-refractivity contribution >= 4 is 5.78 Å². The first-order valence-electron chi connectivity index (χ1n) is 5.24. The molecule has 0 bridgehead atoms. The topological polar surface area (TPSA) is 49.3 Å². The fourth-order valence-electron chi connectivity index (χ4n) is 1.54. The fraction of sp³-hybridized carbons (Fsp3) is 0.308. The maximum Gasteiger partial charge on any atom is 0.154 e. The number of carbonyl (C=O) groups is 1. The molecule has 0 fully saturated rings. The third-order valence-corrected chi connectivity index (χ3v) is 2.21. The quantitative estimate of drug-likeness (QED) is 0.742. The molecule has 3 heteroatoms. The molecule has 2 N–H and O–H groups in total. The Balaban J connectivity index is 2.74. The average Bonchev–Trinajstić information content (AvgIpc) is 2.26. The summed E-state index contributed by atoms with van der Waals surface area (Å²) in [7, 11) is 0. The Kier molecular flexibility index (Phi) is 4.73. The van der Waals surface area contributed by atoms with Gasteiger partial charge in [0.2, 0.25) is 0 Å². The largest absolute Gasteiger partial charge is 0.394 e. The van der Waals surface area contributed by atoms with Gasteiger partial charge in [-0.1, -0.05) is 30.3 Å². The van der Waals surface area contributed by atoms with Gasteiger partial charge in [-0.25, -0.2) is 0 Å². The summed E-state index contributed by atoms with van der Waals surface area (Å²) in [5, 5.41) is 12.4. The summed E-state index contributed by atoms with van der Waals surface area (Å²) in [5.41, 5.74) is 1.76. The summed E-state index contributed by atoms with van der Waals surface area (Å²) >= 11 is 0. The van der Waals surface area contributed by atoms with Crippen LogP contribution in [-0.4, -0.2) is 17.5 Å². The summed E-state index contributed by atoms with van der Waals surface area (Å²) in [4.78, 5) is 10.9. The van der Waals surface area contributed by atoms with Gasteiger partial charge in [-0.3, -0.25) is 4.79 Å². The monoisotopic (exact) mass is 219 g/mol. The Morgan fingerprint density at radius 1 is 1.38 bits per heavy atom. The molecular formula is C13H17NO2. The van der Waals surface area contributed by atoms with E-state index in [1.165, 1.54) is 13.0 Å². The van der Waals surface area contributed by atoms with Crippen molar-refractivity contribution in [2.45, 2.75) is 19.9 Å². The molecule has 0 unspecified atom stereocenters. The molecule has 0 aromatic heterocycles. The van der Waals surface area contributed by atoms with Gasteiger partial charge in [0.05, 0.1) is 12.6 Å². The van der Waals surface area contributed by atoms with Gasteiger partial charge in [0.25, 0.3) is 0 Å². The van der Waals surface area contributed by atoms with Crippen LogP contribution >= 0.6 is 0 Å². The molecule has 1 rings (SSSR count). The Morgan fingerprint density at radius 3 is 2.50 bits per heavy atom. The van der Waals surface area contributed by atoms with Crippen LogP contribution < -0.4 is 5.32 Å². The molecule has 0 spiro atoms. The van der Waals surface area contributed by atoms with Crippen molar-refractivity contribution in [1.82, 2.24) is 5.32 Å². The van der Waals surface area contributed by atoms with Crippen LogP contribution in [0.3, 0.4) is 0 Å². The molecule has 0 saturated heterocycles. The summed E-state index contributed by atoms with van der Waals surface area (Å²) < 4.78 is 0. The molecule has 16 heavy (non-hydrogen) atoms. The lowest BCUT2D eigenvalue weighted by Gasteiger charge is -2.18. The smallest absolute Gasteiger partial charge is 0.154 e. The van der Waals surface area contributed by atoms with Gasteiger partial charge < -0.3 is 10.4 Å². The predicted octanol–water partition coefficient (Wildman–Crippen LogP) is 1.80. The zero-order valence-electron chi connectivity index (χ0n) is 9.60. The number of allylic oxidation sites excluding steroid dienone is 2. The highest BCUT2D eigenvalue weighted by Gasteiger charge is 2.08. The molecule has 0 heterocycles. The van der Waals surface area contributed by atoms with E-state index in [0.717, 1.165) is 11.3 Å². The number of carbonyl (C=O) groups excluding carboxylic acids is 1. The van der Waals surface area contributed by atoms with Crippen LogP contribution in [0.15, 0.2) is 42.1 Å². The van der Waals surface area contributed by atoms with Crippen LogP contribution in [0.2, 0.25) is 0 Å². The van der Waals surface area contributed by atoms with E-state index in [4.69, 9.17) is 0 Å². The molecule has 1 aromatic rings. The maximum atomic E-state index is 10.9. The zero-order valence-corrected chi connectivity index (χ0v) is 9.60. The van der Waals surface area contributed by atoms with Gasteiger partial charge in [0.1, 0.15) is 0 Å². The van der Waals surface area contributed by atoms with Crippen LogP contribution in [0.25, 0.3) is 0 Å². The van der Waals surface area contributed by atoms with Gasteiger partial charge in [0, 0.05) is 5.70 Å². The number of hydrogen-bond donors (Lipinski definition) is 2. The number of benzene rings is 1. The van der Waals surface area contributed by atoms with Crippen molar-refractivity contribution < 1.29 is 9.90 Å². The van der Waals surface area contributed by atoms with Crippen molar-refractivity contribution in [3.8, 4) is 0 Å². The Labute approximate surface area is 95.8 Å². The minimum Gasteiger partial charge on any atom is -0.394 e. The minimum absolute atomic E-state index is 0.00486. The lowest BCUT2D eigenvalue weighted by Crippen LogP contribution is -2.23. The number of aliphatic hydroxyl groups excluding tert-OH is 1. The maximum absolute atomic E-state index is 10.9. The van der Waals surface area contributed by atoms with Gasteiger partial charge in [-0.2, -0.15) is 0 Å². The predicted molar refractivity (Wildman–Crippen MR) is 63.8 cm³/mol. The van der Waals surface area contributed by atoms with E-state index in [9.17, 15) is 9.90 Å². The molecule has 0 aliphatic heterocycles. The zero-order chi connectivity index (χ0) is 12.0. The highest BCUT2D eigenvalue weighted by atomic mass is 16.3. The second kappa shape index (κ2) is 6.08. The Morgan fingerprint density at radius 2 is 2.00 bits per heavy atom. The molecule has 0 amide bonds. The first kappa shape index (κ1) is 12.5. The van der Waals surface area contributed by atoms with E-state index in [1.807, 2.05) is 37.3 Å². The molecule has 0 aliphatic carbocycles.